The first-order chi connectivity index (χ1) is 32.2. The van der Waals surface area contributed by atoms with Gasteiger partial charge in [0.25, 0.3) is 0 Å². The molecule has 12 aromatic carbocycles. The standard InChI is InChI=1S/C64H43N/c1-2-15-44(16-3-1)48-19-12-20-49(41-48)45-31-36-53(37-32-45)65(64-30-11-10-24-57(64)52-22-13-21-51(42-52)56-29-14-18-47-17-4-5-23-55(47)56)54-38-33-46(34-39-54)50-35-40-62-60-27-7-6-25-58(60)59-26-8-9-28-61(59)63(62)43-50/h1-43H. The van der Waals surface area contributed by atoms with Crippen molar-refractivity contribution in [3.63, 3.8) is 0 Å². The highest BCUT2D eigenvalue weighted by Gasteiger charge is 2.19. The van der Waals surface area contributed by atoms with Crippen molar-refractivity contribution in [2.75, 3.05) is 4.90 Å². The quantitative estimate of drug-likeness (QED) is 0.138. The van der Waals surface area contributed by atoms with Crippen LogP contribution in [0.15, 0.2) is 261 Å². The minimum Gasteiger partial charge on any atom is -0.310 e. The Bertz CT molecular complexity index is 3660. The van der Waals surface area contributed by atoms with Gasteiger partial charge in [0.15, 0.2) is 0 Å². The fraction of sp³-hybridized carbons (Fsp3) is 0. The van der Waals surface area contributed by atoms with E-state index in [0.29, 0.717) is 0 Å². The second-order valence-corrected chi connectivity index (χ2v) is 16.9. The van der Waals surface area contributed by atoms with E-state index in [0.717, 1.165) is 28.2 Å². The Kier molecular flexibility index (Phi) is 9.58. The lowest BCUT2D eigenvalue weighted by Crippen LogP contribution is -2.11. The van der Waals surface area contributed by atoms with E-state index in [2.05, 4.69) is 266 Å². The maximum atomic E-state index is 2.41. The van der Waals surface area contributed by atoms with E-state index < -0.39 is 0 Å². The molecule has 304 valence electrons. The molecule has 0 aliphatic rings. The molecule has 0 atom stereocenters. The summed E-state index contributed by atoms with van der Waals surface area (Å²) in [4.78, 5) is 2.41. The molecule has 12 rings (SSSR count). The number of nitrogens with zero attached hydrogens (tertiary/aromatic N) is 1. The first-order valence-electron chi connectivity index (χ1n) is 22.4. The zero-order valence-corrected chi connectivity index (χ0v) is 35.8. The van der Waals surface area contributed by atoms with Gasteiger partial charge in [-0.05, 0) is 142 Å². The molecule has 0 unspecified atom stereocenters. The van der Waals surface area contributed by atoms with Gasteiger partial charge in [0.2, 0.25) is 0 Å². The second kappa shape index (κ2) is 16.3. The largest absolute Gasteiger partial charge is 0.310 e. The molecule has 0 spiro atoms. The van der Waals surface area contributed by atoms with Crippen LogP contribution < -0.4 is 4.90 Å². The minimum atomic E-state index is 1.09. The van der Waals surface area contributed by atoms with Gasteiger partial charge in [0.1, 0.15) is 0 Å². The molecule has 0 saturated heterocycles. The van der Waals surface area contributed by atoms with E-state index in [4.69, 9.17) is 0 Å². The molecule has 0 fully saturated rings. The number of para-hydroxylation sites is 1. The number of anilines is 3. The highest BCUT2D eigenvalue weighted by molar-refractivity contribution is 6.25. The first-order valence-corrected chi connectivity index (χ1v) is 22.4. The Hall–Kier alpha value is -8.52. The fourth-order valence-electron chi connectivity index (χ4n) is 9.87. The van der Waals surface area contributed by atoms with E-state index in [1.807, 2.05) is 0 Å². The molecule has 12 aromatic rings. The molecular weight excluding hydrogens is 783 g/mol. The number of rotatable bonds is 8. The molecule has 1 heteroatoms. The van der Waals surface area contributed by atoms with Gasteiger partial charge in [-0.1, -0.05) is 212 Å². The summed E-state index contributed by atoms with van der Waals surface area (Å²) in [5, 5.41) is 10.2. The predicted octanol–water partition coefficient (Wildman–Crippen LogP) is 18.1. The first kappa shape index (κ1) is 38.2. The van der Waals surface area contributed by atoms with Crippen molar-refractivity contribution >= 4 is 60.2 Å². The van der Waals surface area contributed by atoms with Crippen molar-refractivity contribution < 1.29 is 0 Å². The van der Waals surface area contributed by atoms with Crippen molar-refractivity contribution in [2.45, 2.75) is 0 Å². The van der Waals surface area contributed by atoms with Crippen LogP contribution in [0.5, 0.6) is 0 Å². The molecule has 0 N–H and O–H groups in total. The van der Waals surface area contributed by atoms with Gasteiger partial charge in [-0.15, -0.1) is 0 Å². The maximum absolute atomic E-state index is 2.41. The van der Waals surface area contributed by atoms with E-state index in [9.17, 15) is 0 Å². The molecule has 0 heterocycles. The number of benzene rings is 12. The van der Waals surface area contributed by atoms with E-state index >= 15 is 0 Å². The Morgan fingerprint density at radius 2 is 0.585 bits per heavy atom. The number of fused-ring (bicyclic) bond motifs is 7. The average molecular weight is 826 g/mol. The molecule has 0 aliphatic heterocycles. The van der Waals surface area contributed by atoms with Crippen molar-refractivity contribution in [2.24, 2.45) is 0 Å². The van der Waals surface area contributed by atoms with Crippen LogP contribution in [0.3, 0.4) is 0 Å². The summed E-state index contributed by atoms with van der Waals surface area (Å²) in [6.45, 7) is 0. The molecular formula is C64H43N. The van der Waals surface area contributed by atoms with Crippen molar-refractivity contribution in [1.29, 1.82) is 0 Å². The van der Waals surface area contributed by atoms with Crippen molar-refractivity contribution in [3.8, 4) is 55.6 Å². The molecule has 1 nitrogen and oxygen atoms in total. The smallest absolute Gasteiger partial charge is 0.0540 e. The predicted molar refractivity (Wildman–Crippen MR) is 278 cm³/mol. The summed E-state index contributed by atoms with van der Waals surface area (Å²) < 4.78 is 0. The summed E-state index contributed by atoms with van der Waals surface area (Å²) in [7, 11) is 0. The lowest BCUT2D eigenvalue weighted by atomic mass is 9.92. The highest BCUT2D eigenvalue weighted by Crippen LogP contribution is 2.44. The third-order valence-electron chi connectivity index (χ3n) is 13.1. The van der Waals surface area contributed by atoms with E-state index in [-0.39, 0.29) is 0 Å². The van der Waals surface area contributed by atoms with Gasteiger partial charge in [-0.2, -0.15) is 0 Å². The molecule has 0 radical (unpaired) electrons. The van der Waals surface area contributed by atoms with Crippen LogP contribution >= 0.6 is 0 Å². The molecule has 0 aliphatic carbocycles. The fourth-order valence-corrected chi connectivity index (χ4v) is 9.87. The van der Waals surface area contributed by atoms with Crippen LogP contribution in [0.4, 0.5) is 17.1 Å². The minimum absolute atomic E-state index is 1.09. The average Bonchev–Trinajstić information content (AvgIpc) is 3.39. The van der Waals surface area contributed by atoms with Gasteiger partial charge < -0.3 is 4.90 Å². The van der Waals surface area contributed by atoms with E-state index in [1.165, 1.54) is 87.6 Å². The molecule has 0 bridgehead atoms. The summed E-state index contributed by atoms with van der Waals surface area (Å²) in [6.07, 6.45) is 0. The third-order valence-corrected chi connectivity index (χ3v) is 13.1. The summed E-state index contributed by atoms with van der Waals surface area (Å²) in [6, 6.07) is 95.2. The lowest BCUT2D eigenvalue weighted by Gasteiger charge is -2.28. The summed E-state index contributed by atoms with van der Waals surface area (Å²) >= 11 is 0. The third kappa shape index (κ3) is 7.01. The van der Waals surface area contributed by atoms with Crippen molar-refractivity contribution in [1.82, 2.24) is 0 Å². The van der Waals surface area contributed by atoms with Crippen molar-refractivity contribution in [3.05, 3.63) is 261 Å². The Morgan fingerprint density at radius 3 is 1.23 bits per heavy atom. The molecule has 0 saturated carbocycles. The summed E-state index contributed by atoms with van der Waals surface area (Å²) in [5.41, 5.74) is 15.2. The zero-order chi connectivity index (χ0) is 43.1. The van der Waals surface area contributed by atoms with Crippen LogP contribution in [0.2, 0.25) is 0 Å². The van der Waals surface area contributed by atoms with Gasteiger partial charge in [-0.25, -0.2) is 0 Å². The lowest BCUT2D eigenvalue weighted by molar-refractivity contribution is 1.28. The van der Waals surface area contributed by atoms with Gasteiger partial charge in [0, 0.05) is 16.9 Å². The van der Waals surface area contributed by atoms with Crippen LogP contribution in [0, 0.1) is 0 Å². The monoisotopic (exact) mass is 825 g/mol. The highest BCUT2D eigenvalue weighted by atomic mass is 15.1. The SMILES string of the molecule is c1ccc(-c2cccc(-c3ccc(N(c4ccc(-c5ccc6c7ccccc7c7ccccc7c6c5)cc4)c4ccccc4-c4cccc(-c5cccc6ccccc56)c4)cc3)c2)cc1. The van der Waals surface area contributed by atoms with Crippen LogP contribution in [-0.2, 0) is 0 Å². The Morgan fingerprint density at radius 1 is 0.200 bits per heavy atom. The van der Waals surface area contributed by atoms with Gasteiger partial charge >= 0.3 is 0 Å². The van der Waals surface area contributed by atoms with Gasteiger partial charge in [0.05, 0.1) is 5.69 Å². The van der Waals surface area contributed by atoms with Crippen LogP contribution in [0.1, 0.15) is 0 Å². The molecule has 0 aromatic heterocycles. The van der Waals surface area contributed by atoms with Crippen LogP contribution in [0.25, 0.3) is 98.7 Å². The normalized spacial score (nSPS) is 11.4. The second-order valence-electron chi connectivity index (χ2n) is 16.9. The Balaban J connectivity index is 0.970. The van der Waals surface area contributed by atoms with Crippen LogP contribution in [-0.4, -0.2) is 0 Å². The summed E-state index contributed by atoms with van der Waals surface area (Å²) in [5.74, 6) is 0. The molecule has 65 heavy (non-hydrogen) atoms. The Labute approximate surface area is 379 Å². The maximum Gasteiger partial charge on any atom is 0.0540 e. The zero-order valence-electron chi connectivity index (χ0n) is 35.8. The molecule has 0 amide bonds. The van der Waals surface area contributed by atoms with Gasteiger partial charge in [-0.3, -0.25) is 0 Å². The number of hydrogen-bond donors (Lipinski definition) is 0. The van der Waals surface area contributed by atoms with E-state index in [1.54, 1.807) is 0 Å². The number of hydrogen-bond acceptors (Lipinski definition) is 1. The topological polar surface area (TPSA) is 3.24 Å².